The van der Waals surface area contributed by atoms with E-state index >= 15 is 0 Å². The van der Waals surface area contributed by atoms with Crippen molar-refractivity contribution in [2.75, 3.05) is 6.54 Å². The van der Waals surface area contributed by atoms with E-state index in [0.717, 1.165) is 19.4 Å². The summed E-state index contributed by atoms with van der Waals surface area (Å²) in [5.41, 5.74) is 0. The Kier molecular flexibility index (Phi) is 5.74. The SMILES string of the molecule is CCCCCCN1C(=O)CCCCC1C. The molecule has 0 radical (unpaired) electrons. The Morgan fingerprint density at radius 1 is 1.27 bits per heavy atom. The maximum absolute atomic E-state index is 11.8. The number of likely N-dealkylation sites (tertiary alicyclic amines) is 1. The Bertz CT molecular complexity index is 191. The molecule has 0 aromatic carbocycles. The fourth-order valence-corrected chi connectivity index (χ4v) is 2.32. The molecule has 0 aromatic rings. The second-order valence-corrected chi connectivity index (χ2v) is 4.74. The van der Waals surface area contributed by atoms with Gasteiger partial charge in [-0.2, -0.15) is 0 Å². The molecule has 1 rings (SSSR count). The smallest absolute Gasteiger partial charge is 0.222 e. The molecule has 2 nitrogen and oxygen atoms in total. The number of carbonyl (C=O) groups excluding carboxylic acids is 1. The van der Waals surface area contributed by atoms with Crippen LogP contribution < -0.4 is 0 Å². The van der Waals surface area contributed by atoms with Crippen LogP contribution in [-0.4, -0.2) is 23.4 Å². The van der Waals surface area contributed by atoms with Crippen molar-refractivity contribution in [1.82, 2.24) is 4.90 Å². The Morgan fingerprint density at radius 2 is 2.07 bits per heavy atom. The molecule has 0 spiro atoms. The summed E-state index contributed by atoms with van der Waals surface area (Å²) in [4.78, 5) is 13.9. The van der Waals surface area contributed by atoms with E-state index in [4.69, 9.17) is 0 Å². The first kappa shape index (κ1) is 12.5. The summed E-state index contributed by atoms with van der Waals surface area (Å²) >= 11 is 0. The van der Waals surface area contributed by atoms with Crippen LogP contribution in [0.1, 0.15) is 65.2 Å². The van der Waals surface area contributed by atoms with Crippen molar-refractivity contribution in [3.63, 3.8) is 0 Å². The Hall–Kier alpha value is -0.530. The monoisotopic (exact) mass is 211 g/mol. The second kappa shape index (κ2) is 6.86. The summed E-state index contributed by atoms with van der Waals surface area (Å²) in [6, 6.07) is 0.474. The highest BCUT2D eigenvalue weighted by atomic mass is 16.2. The maximum atomic E-state index is 11.8. The first-order chi connectivity index (χ1) is 7.25. The normalized spacial score (nSPS) is 22.9. The minimum atomic E-state index is 0.386. The van der Waals surface area contributed by atoms with Gasteiger partial charge >= 0.3 is 0 Å². The van der Waals surface area contributed by atoms with Gasteiger partial charge in [0, 0.05) is 19.0 Å². The molecule has 0 bridgehead atoms. The summed E-state index contributed by atoms with van der Waals surface area (Å²) in [5.74, 6) is 0.386. The van der Waals surface area contributed by atoms with Gasteiger partial charge in [0.25, 0.3) is 0 Å². The Balaban J connectivity index is 2.31. The van der Waals surface area contributed by atoms with Crippen LogP contribution in [0, 0.1) is 0 Å². The number of hydrogen-bond donors (Lipinski definition) is 0. The molecule has 88 valence electrons. The van der Waals surface area contributed by atoms with Gasteiger partial charge in [-0.15, -0.1) is 0 Å². The molecule has 0 N–H and O–H groups in total. The van der Waals surface area contributed by atoms with E-state index in [0.29, 0.717) is 11.9 Å². The predicted molar refractivity (Wildman–Crippen MR) is 63.8 cm³/mol. The van der Waals surface area contributed by atoms with Gasteiger partial charge in [-0.3, -0.25) is 4.79 Å². The zero-order chi connectivity index (χ0) is 11.1. The third kappa shape index (κ3) is 4.23. The van der Waals surface area contributed by atoms with Crippen molar-refractivity contribution in [3.05, 3.63) is 0 Å². The standard InChI is InChI=1S/C13H25NO/c1-3-4-5-8-11-14-12(2)9-6-7-10-13(14)15/h12H,3-11H2,1-2H3. The molecular weight excluding hydrogens is 186 g/mol. The highest BCUT2D eigenvalue weighted by Crippen LogP contribution is 2.18. The van der Waals surface area contributed by atoms with Gasteiger partial charge in [0.15, 0.2) is 0 Å². The molecule has 1 heterocycles. The van der Waals surface area contributed by atoms with E-state index in [1.54, 1.807) is 0 Å². The third-order valence-corrected chi connectivity index (χ3v) is 3.37. The predicted octanol–water partition coefficient (Wildman–Crippen LogP) is 3.36. The quantitative estimate of drug-likeness (QED) is 0.639. The van der Waals surface area contributed by atoms with Gasteiger partial charge in [0.1, 0.15) is 0 Å². The summed E-state index contributed by atoms with van der Waals surface area (Å²) in [6.07, 6.45) is 9.31. The molecule has 0 saturated carbocycles. The van der Waals surface area contributed by atoms with Crippen LogP contribution in [0.5, 0.6) is 0 Å². The lowest BCUT2D eigenvalue weighted by Gasteiger charge is -2.27. The van der Waals surface area contributed by atoms with Crippen molar-refractivity contribution < 1.29 is 4.79 Å². The molecule has 1 aliphatic rings. The van der Waals surface area contributed by atoms with Crippen LogP contribution in [0.25, 0.3) is 0 Å². The summed E-state index contributed by atoms with van der Waals surface area (Å²) in [6.45, 7) is 5.41. The van der Waals surface area contributed by atoms with Crippen LogP contribution in [0.2, 0.25) is 0 Å². The molecule has 1 saturated heterocycles. The highest BCUT2D eigenvalue weighted by Gasteiger charge is 2.21. The van der Waals surface area contributed by atoms with E-state index < -0.39 is 0 Å². The summed E-state index contributed by atoms with van der Waals surface area (Å²) in [7, 11) is 0. The zero-order valence-electron chi connectivity index (χ0n) is 10.3. The first-order valence-electron chi connectivity index (χ1n) is 6.55. The average molecular weight is 211 g/mol. The minimum Gasteiger partial charge on any atom is -0.340 e. The van der Waals surface area contributed by atoms with Crippen molar-refractivity contribution in [3.8, 4) is 0 Å². The molecule has 1 aliphatic heterocycles. The molecule has 1 atom stereocenters. The molecule has 2 heteroatoms. The summed E-state index contributed by atoms with van der Waals surface area (Å²) < 4.78 is 0. The Labute approximate surface area is 94.0 Å². The molecule has 1 amide bonds. The van der Waals surface area contributed by atoms with Crippen molar-refractivity contribution >= 4 is 5.91 Å². The molecule has 0 aromatic heterocycles. The lowest BCUT2D eigenvalue weighted by molar-refractivity contribution is -0.132. The second-order valence-electron chi connectivity index (χ2n) is 4.74. The van der Waals surface area contributed by atoms with E-state index in [-0.39, 0.29) is 0 Å². The van der Waals surface area contributed by atoms with Crippen molar-refractivity contribution in [1.29, 1.82) is 0 Å². The van der Waals surface area contributed by atoms with Gasteiger partial charge in [0.2, 0.25) is 5.91 Å². The number of rotatable bonds is 5. The topological polar surface area (TPSA) is 20.3 Å². The molecule has 15 heavy (non-hydrogen) atoms. The van der Waals surface area contributed by atoms with E-state index in [1.165, 1.54) is 38.5 Å². The van der Waals surface area contributed by atoms with E-state index in [1.807, 2.05) is 0 Å². The molecule has 0 aliphatic carbocycles. The van der Waals surface area contributed by atoms with Gasteiger partial charge in [-0.1, -0.05) is 32.6 Å². The van der Waals surface area contributed by atoms with E-state index in [9.17, 15) is 4.79 Å². The zero-order valence-corrected chi connectivity index (χ0v) is 10.3. The molecule has 1 unspecified atom stereocenters. The number of nitrogens with zero attached hydrogens (tertiary/aromatic N) is 1. The van der Waals surface area contributed by atoms with Gasteiger partial charge < -0.3 is 4.90 Å². The number of carbonyl (C=O) groups is 1. The molecule has 1 fully saturated rings. The van der Waals surface area contributed by atoms with E-state index in [2.05, 4.69) is 18.7 Å². The average Bonchev–Trinajstić information content (AvgIpc) is 2.37. The third-order valence-electron chi connectivity index (χ3n) is 3.37. The minimum absolute atomic E-state index is 0.386. The first-order valence-corrected chi connectivity index (χ1v) is 6.55. The highest BCUT2D eigenvalue weighted by molar-refractivity contribution is 5.76. The van der Waals surface area contributed by atoms with Crippen molar-refractivity contribution in [2.45, 2.75) is 71.3 Å². The van der Waals surface area contributed by atoms with Crippen LogP contribution in [0.15, 0.2) is 0 Å². The van der Waals surface area contributed by atoms with Gasteiger partial charge in [-0.05, 0) is 26.2 Å². The number of amides is 1. The Morgan fingerprint density at radius 3 is 2.80 bits per heavy atom. The fourth-order valence-electron chi connectivity index (χ4n) is 2.32. The van der Waals surface area contributed by atoms with Crippen LogP contribution in [0.4, 0.5) is 0 Å². The number of unbranched alkanes of at least 4 members (excludes halogenated alkanes) is 3. The van der Waals surface area contributed by atoms with Gasteiger partial charge in [-0.25, -0.2) is 0 Å². The lowest BCUT2D eigenvalue weighted by atomic mass is 10.1. The fraction of sp³-hybridized carbons (Fsp3) is 0.923. The number of hydrogen-bond acceptors (Lipinski definition) is 1. The van der Waals surface area contributed by atoms with Crippen LogP contribution >= 0.6 is 0 Å². The van der Waals surface area contributed by atoms with Gasteiger partial charge in [0.05, 0.1) is 0 Å². The van der Waals surface area contributed by atoms with Crippen molar-refractivity contribution in [2.24, 2.45) is 0 Å². The summed E-state index contributed by atoms with van der Waals surface area (Å²) in [5, 5.41) is 0. The maximum Gasteiger partial charge on any atom is 0.222 e. The van der Waals surface area contributed by atoms with Crippen LogP contribution in [-0.2, 0) is 4.79 Å². The largest absolute Gasteiger partial charge is 0.340 e. The lowest BCUT2D eigenvalue weighted by Crippen LogP contribution is -2.37. The molecular formula is C13H25NO. The van der Waals surface area contributed by atoms with Crippen LogP contribution in [0.3, 0.4) is 0 Å².